The highest BCUT2D eigenvalue weighted by Gasteiger charge is 2.10. The van der Waals surface area contributed by atoms with Crippen molar-refractivity contribution in [2.75, 3.05) is 11.9 Å². The molecular weight excluding hydrogens is 483 g/mol. The van der Waals surface area contributed by atoms with E-state index < -0.39 is 8.26 Å². The molecule has 0 spiro atoms. The number of rotatable bonds is 19. The number of unbranched alkanes of at least 4 members (excludes halogenated alkanes) is 15. The first kappa shape index (κ1) is 31.9. The minimum atomic E-state index is -3.72. The van der Waals surface area contributed by atoms with Crippen molar-refractivity contribution in [2.45, 2.75) is 110 Å². The van der Waals surface area contributed by atoms with Crippen molar-refractivity contribution in [3.8, 4) is 0 Å². The monoisotopic (exact) mass is 524 g/mol. The average molecular weight is 526 g/mol. The second kappa shape index (κ2) is 21.5. The van der Waals surface area contributed by atoms with E-state index in [0.717, 1.165) is 13.0 Å². The van der Waals surface area contributed by atoms with Crippen molar-refractivity contribution in [3.63, 3.8) is 0 Å². The predicted molar refractivity (Wildman–Crippen MR) is 142 cm³/mol. The molecule has 33 heavy (non-hydrogen) atoms. The molecule has 0 aliphatic rings. The molecule has 1 rings (SSSR count). The van der Waals surface area contributed by atoms with Crippen LogP contribution in [-0.4, -0.2) is 19.9 Å². The number of nitrogens with one attached hydrogen (secondary N) is 1. The summed E-state index contributed by atoms with van der Waals surface area (Å²) in [5.74, 6) is 0. The largest absolute Gasteiger partial charge is 0.379 e. The minimum absolute atomic E-state index is 0.166. The van der Waals surface area contributed by atoms with Gasteiger partial charge in [0, 0.05) is 34.0 Å². The second-order valence-electron chi connectivity index (χ2n) is 8.38. The molecule has 192 valence electrons. The van der Waals surface area contributed by atoms with E-state index in [2.05, 4.69) is 33.6 Å². The van der Waals surface area contributed by atoms with E-state index in [9.17, 15) is 10.1 Å². The van der Waals surface area contributed by atoms with Gasteiger partial charge in [0.25, 0.3) is 5.69 Å². The Balaban J connectivity index is 0.00000184. The fourth-order valence-corrected chi connectivity index (χ4v) is 3.68. The van der Waals surface area contributed by atoms with Gasteiger partial charge in [0.1, 0.15) is 5.69 Å². The number of anilines is 1. The van der Waals surface area contributed by atoms with Crippen LogP contribution in [0.25, 0.3) is 0 Å². The first-order chi connectivity index (χ1) is 15.8. The molecule has 0 fully saturated rings. The highest BCUT2D eigenvalue weighted by molar-refractivity contribution is 8.31. The van der Waals surface area contributed by atoms with Crippen LogP contribution in [0.1, 0.15) is 110 Å². The maximum atomic E-state index is 11.0. The van der Waals surface area contributed by atoms with E-state index >= 15 is 0 Å². The smallest absolute Gasteiger partial charge is 0.317 e. The van der Waals surface area contributed by atoms with Gasteiger partial charge in [-0.1, -0.05) is 115 Å². The Morgan fingerprint density at radius 3 is 1.52 bits per heavy atom. The fourth-order valence-electron chi connectivity index (χ4n) is 3.68. The summed E-state index contributed by atoms with van der Waals surface area (Å²) in [4.78, 5) is 10.6. The van der Waals surface area contributed by atoms with Crippen LogP contribution in [0.5, 0.6) is 0 Å². The molecule has 1 aromatic rings. The van der Waals surface area contributed by atoms with Crippen LogP contribution in [0.4, 0.5) is 11.4 Å². The zero-order chi connectivity index (χ0) is 24.8. The zero-order valence-electron chi connectivity index (χ0n) is 20.1. The number of halogens is 2. The summed E-state index contributed by atoms with van der Waals surface area (Å²) in [5.41, 5.74) is 0.799. The molecule has 0 heterocycles. The molecule has 0 aromatic heterocycles. The molecule has 0 unspecified atom stereocenters. The number of nitrogens with zero attached hydrogens (tertiary/aromatic N) is 1. The van der Waals surface area contributed by atoms with Gasteiger partial charge in [-0.3, -0.25) is 10.1 Å². The Kier molecular flexibility index (Phi) is 20.8. The van der Waals surface area contributed by atoms with Crippen LogP contribution in [0, 0.1) is 10.1 Å². The molecule has 0 saturated carbocycles. The van der Waals surface area contributed by atoms with E-state index in [1.165, 1.54) is 96.3 Å². The lowest BCUT2D eigenvalue weighted by atomic mass is 10.0. The third kappa shape index (κ3) is 23.9. The van der Waals surface area contributed by atoms with Gasteiger partial charge in [0.15, 0.2) is 0 Å². The molecule has 0 bridgehead atoms. The SMILES string of the molecule is CCCCCCCCCCCCCCCCCCNc1ccccc1[N+](=O)[O-].O=S(=O)(Cl)Cl. The maximum Gasteiger partial charge on any atom is 0.317 e. The van der Waals surface area contributed by atoms with Crippen molar-refractivity contribution >= 4 is 41.0 Å². The quantitative estimate of drug-likeness (QED) is 0.0842. The molecule has 6 nitrogen and oxygen atoms in total. The van der Waals surface area contributed by atoms with E-state index in [0.29, 0.717) is 5.69 Å². The van der Waals surface area contributed by atoms with Crippen LogP contribution >= 0.6 is 21.4 Å². The van der Waals surface area contributed by atoms with Crippen molar-refractivity contribution in [2.24, 2.45) is 0 Å². The third-order valence-electron chi connectivity index (χ3n) is 5.45. The molecule has 1 aromatic carbocycles. The van der Waals surface area contributed by atoms with Crippen molar-refractivity contribution in [1.82, 2.24) is 0 Å². The van der Waals surface area contributed by atoms with Crippen molar-refractivity contribution < 1.29 is 13.3 Å². The molecule has 0 aliphatic heterocycles. The second-order valence-corrected chi connectivity index (χ2v) is 12.1. The fraction of sp³-hybridized carbons (Fsp3) is 0.750. The van der Waals surface area contributed by atoms with Crippen LogP contribution in [0.15, 0.2) is 24.3 Å². The lowest BCUT2D eigenvalue weighted by molar-refractivity contribution is -0.384. The van der Waals surface area contributed by atoms with Crippen LogP contribution in [-0.2, 0) is 8.26 Å². The topological polar surface area (TPSA) is 89.3 Å². The minimum Gasteiger partial charge on any atom is -0.379 e. The number of hydrogen-bond acceptors (Lipinski definition) is 5. The Bertz CT molecular complexity index is 710. The standard InChI is InChI=1S/C24H42N2O2.Cl2O2S/c1-2-3-4-5-6-7-8-9-10-11-12-13-14-15-16-19-22-25-23-20-17-18-21-24(23)26(27)28;1-5(2,3)4/h17-18,20-21,25H,2-16,19,22H2,1H3;. The van der Waals surface area contributed by atoms with Gasteiger partial charge in [0.05, 0.1) is 4.92 Å². The zero-order valence-corrected chi connectivity index (χ0v) is 22.4. The van der Waals surface area contributed by atoms with E-state index in [1.54, 1.807) is 18.2 Å². The Morgan fingerprint density at radius 2 is 1.12 bits per heavy atom. The number of benzene rings is 1. The van der Waals surface area contributed by atoms with Crippen molar-refractivity contribution in [3.05, 3.63) is 34.4 Å². The Labute approximate surface area is 209 Å². The number of nitro groups is 1. The van der Waals surface area contributed by atoms with E-state index in [4.69, 9.17) is 8.42 Å². The number of nitro benzene ring substituents is 1. The van der Waals surface area contributed by atoms with Crippen LogP contribution < -0.4 is 5.32 Å². The molecule has 1 N–H and O–H groups in total. The van der Waals surface area contributed by atoms with E-state index in [1.807, 2.05) is 6.07 Å². The number of hydrogen-bond donors (Lipinski definition) is 1. The maximum absolute atomic E-state index is 11.0. The van der Waals surface area contributed by atoms with Gasteiger partial charge in [-0.05, 0) is 12.5 Å². The van der Waals surface area contributed by atoms with Crippen molar-refractivity contribution in [1.29, 1.82) is 0 Å². The lowest BCUT2D eigenvalue weighted by Gasteiger charge is -2.07. The third-order valence-corrected chi connectivity index (χ3v) is 5.45. The van der Waals surface area contributed by atoms with Gasteiger partial charge < -0.3 is 5.32 Å². The highest BCUT2D eigenvalue weighted by atomic mass is 36.0. The van der Waals surface area contributed by atoms with Gasteiger partial charge in [-0.25, -0.2) is 0 Å². The molecule has 0 amide bonds. The molecule has 9 heteroatoms. The first-order valence-corrected chi connectivity index (χ1v) is 15.5. The van der Waals surface area contributed by atoms with Gasteiger partial charge in [-0.2, -0.15) is 8.42 Å². The van der Waals surface area contributed by atoms with Crippen LogP contribution in [0.2, 0.25) is 0 Å². The lowest BCUT2D eigenvalue weighted by Crippen LogP contribution is -2.04. The Hall–Kier alpha value is -1.05. The average Bonchev–Trinajstić information content (AvgIpc) is 2.75. The summed E-state index contributed by atoms with van der Waals surface area (Å²) < 4.78 is 18.3. The summed E-state index contributed by atoms with van der Waals surface area (Å²) in [5, 5.41) is 14.2. The molecule has 0 aliphatic carbocycles. The summed E-state index contributed by atoms with van der Waals surface area (Å²) in [7, 11) is 4.81. The van der Waals surface area contributed by atoms with Gasteiger partial charge in [0.2, 0.25) is 0 Å². The Morgan fingerprint density at radius 1 is 0.758 bits per heavy atom. The number of para-hydroxylation sites is 2. The predicted octanol–water partition coefficient (Wildman–Crippen LogP) is 8.98. The molecule has 0 saturated heterocycles. The normalized spacial score (nSPS) is 11.0. The van der Waals surface area contributed by atoms with Gasteiger partial charge in [-0.15, -0.1) is 0 Å². The van der Waals surface area contributed by atoms with Gasteiger partial charge >= 0.3 is 8.26 Å². The van der Waals surface area contributed by atoms with Crippen LogP contribution in [0.3, 0.4) is 0 Å². The summed E-state index contributed by atoms with van der Waals surface area (Å²) >= 11 is 0. The van der Waals surface area contributed by atoms with E-state index in [-0.39, 0.29) is 10.6 Å². The molecule has 0 atom stereocenters. The molecular formula is C24H42Cl2N2O4S. The summed E-state index contributed by atoms with van der Waals surface area (Å²) in [6.07, 6.45) is 21.8. The first-order valence-electron chi connectivity index (χ1n) is 12.4. The summed E-state index contributed by atoms with van der Waals surface area (Å²) in [6, 6.07) is 6.88. The molecule has 0 radical (unpaired) electrons. The highest BCUT2D eigenvalue weighted by Crippen LogP contribution is 2.23. The summed E-state index contributed by atoms with van der Waals surface area (Å²) in [6.45, 7) is 3.09.